The van der Waals surface area contributed by atoms with Crippen LogP contribution in [0.4, 0.5) is 13.2 Å². The first-order valence-electron chi connectivity index (χ1n) is 4.23. The van der Waals surface area contributed by atoms with Gasteiger partial charge in [0.25, 0.3) is 0 Å². The van der Waals surface area contributed by atoms with E-state index in [-0.39, 0.29) is 0 Å². The quantitative estimate of drug-likeness (QED) is 0.836. The molecular weight excluding hydrogens is 213 g/mol. The number of rotatable bonds is 3. The van der Waals surface area contributed by atoms with Gasteiger partial charge >= 0.3 is 6.18 Å². The zero-order chi connectivity index (χ0) is 10.8. The SMILES string of the molecule is C[C@@H](O)CCc1ccc(C(F)(F)F)s1. The van der Waals surface area contributed by atoms with Gasteiger partial charge in [-0.05, 0) is 31.9 Å². The Labute approximate surface area is 84.2 Å². The number of halogens is 3. The van der Waals surface area contributed by atoms with E-state index in [4.69, 9.17) is 5.11 Å². The summed E-state index contributed by atoms with van der Waals surface area (Å²) in [5.74, 6) is 0. The fraction of sp³-hybridized carbons (Fsp3) is 0.556. The number of aliphatic hydroxyl groups excluding tert-OH is 1. The maximum Gasteiger partial charge on any atom is 0.425 e. The van der Waals surface area contributed by atoms with Gasteiger partial charge in [0.1, 0.15) is 4.88 Å². The van der Waals surface area contributed by atoms with Crippen LogP contribution in [0, 0.1) is 0 Å². The first kappa shape index (κ1) is 11.5. The summed E-state index contributed by atoms with van der Waals surface area (Å²) >= 11 is 0.746. The van der Waals surface area contributed by atoms with Crippen molar-refractivity contribution in [2.24, 2.45) is 0 Å². The fourth-order valence-electron chi connectivity index (χ4n) is 1.02. The lowest BCUT2D eigenvalue weighted by Gasteiger charge is -2.02. The predicted octanol–water partition coefficient (Wildman–Crippen LogP) is 3.08. The molecule has 0 aliphatic rings. The summed E-state index contributed by atoms with van der Waals surface area (Å²) in [7, 11) is 0. The molecule has 0 saturated heterocycles. The molecule has 0 amide bonds. The van der Waals surface area contributed by atoms with Gasteiger partial charge in [0, 0.05) is 4.88 Å². The Morgan fingerprint density at radius 3 is 2.50 bits per heavy atom. The van der Waals surface area contributed by atoms with Gasteiger partial charge in [-0.15, -0.1) is 11.3 Å². The molecule has 0 spiro atoms. The average Bonchev–Trinajstić information content (AvgIpc) is 2.47. The Hall–Kier alpha value is -0.550. The molecule has 1 atom stereocenters. The molecule has 0 radical (unpaired) electrons. The molecule has 0 saturated carbocycles. The van der Waals surface area contributed by atoms with Gasteiger partial charge in [-0.25, -0.2) is 0 Å². The summed E-state index contributed by atoms with van der Waals surface area (Å²) in [6, 6.07) is 2.55. The second kappa shape index (κ2) is 4.31. The third kappa shape index (κ3) is 3.31. The van der Waals surface area contributed by atoms with Gasteiger partial charge in [-0.3, -0.25) is 0 Å². The van der Waals surface area contributed by atoms with Crippen molar-refractivity contribution in [2.75, 3.05) is 0 Å². The molecule has 1 N–H and O–H groups in total. The van der Waals surface area contributed by atoms with Crippen LogP contribution in [0.3, 0.4) is 0 Å². The third-order valence-corrected chi connectivity index (χ3v) is 2.94. The Morgan fingerprint density at radius 2 is 2.07 bits per heavy atom. The van der Waals surface area contributed by atoms with Crippen LogP contribution in [-0.2, 0) is 12.6 Å². The van der Waals surface area contributed by atoms with E-state index in [9.17, 15) is 13.2 Å². The molecule has 5 heteroatoms. The van der Waals surface area contributed by atoms with E-state index < -0.39 is 17.2 Å². The number of aryl methyl sites for hydroxylation is 1. The molecule has 0 aliphatic carbocycles. The highest BCUT2D eigenvalue weighted by Gasteiger charge is 2.32. The topological polar surface area (TPSA) is 20.2 Å². The molecule has 0 bridgehead atoms. The molecule has 1 aromatic rings. The highest BCUT2D eigenvalue weighted by Crippen LogP contribution is 2.34. The van der Waals surface area contributed by atoms with Crippen LogP contribution in [0.15, 0.2) is 12.1 Å². The van der Waals surface area contributed by atoms with E-state index in [1.807, 2.05) is 0 Å². The van der Waals surface area contributed by atoms with E-state index in [1.54, 1.807) is 6.92 Å². The minimum Gasteiger partial charge on any atom is -0.393 e. The van der Waals surface area contributed by atoms with Crippen LogP contribution in [0.25, 0.3) is 0 Å². The van der Waals surface area contributed by atoms with Crippen molar-refractivity contribution in [2.45, 2.75) is 32.0 Å². The third-order valence-electron chi connectivity index (χ3n) is 1.75. The van der Waals surface area contributed by atoms with Crippen LogP contribution in [0.2, 0.25) is 0 Å². The highest BCUT2D eigenvalue weighted by atomic mass is 32.1. The molecule has 0 aliphatic heterocycles. The Kier molecular flexibility index (Phi) is 3.55. The van der Waals surface area contributed by atoms with E-state index in [2.05, 4.69) is 0 Å². The van der Waals surface area contributed by atoms with Crippen LogP contribution < -0.4 is 0 Å². The van der Waals surface area contributed by atoms with Crippen molar-refractivity contribution in [1.82, 2.24) is 0 Å². The van der Waals surface area contributed by atoms with E-state index >= 15 is 0 Å². The maximum absolute atomic E-state index is 12.2. The van der Waals surface area contributed by atoms with E-state index in [1.165, 1.54) is 6.07 Å². The standard InChI is InChI=1S/C9H11F3OS/c1-6(13)2-3-7-4-5-8(14-7)9(10,11)12/h4-6,13H,2-3H2,1H3/t6-/m1/s1. The van der Waals surface area contributed by atoms with Gasteiger partial charge in [0.15, 0.2) is 0 Å². The minimum atomic E-state index is -4.24. The molecule has 80 valence electrons. The van der Waals surface area contributed by atoms with Gasteiger partial charge in [0.05, 0.1) is 6.10 Å². The Balaban J connectivity index is 2.60. The molecular formula is C9H11F3OS. The smallest absolute Gasteiger partial charge is 0.393 e. The summed E-state index contributed by atoms with van der Waals surface area (Å²) in [4.78, 5) is 0.0938. The second-order valence-corrected chi connectivity index (χ2v) is 4.32. The Bertz CT molecular complexity index is 290. The number of hydrogen-bond acceptors (Lipinski definition) is 2. The fourth-order valence-corrected chi connectivity index (χ4v) is 1.91. The summed E-state index contributed by atoms with van der Waals surface area (Å²) in [6.07, 6.45) is -3.71. The molecule has 1 rings (SSSR count). The zero-order valence-corrected chi connectivity index (χ0v) is 8.45. The number of thiophene rings is 1. The molecule has 14 heavy (non-hydrogen) atoms. The number of hydrogen-bond donors (Lipinski definition) is 1. The van der Waals surface area contributed by atoms with Crippen molar-refractivity contribution in [3.05, 3.63) is 21.9 Å². The van der Waals surface area contributed by atoms with Crippen LogP contribution in [0.5, 0.6) is 0 Å². The van der Waals surface area contributed by atoms with Gasteiger partial charge in [0.2, 0.25) is 0 Å². The molecule has 0 aromatic carbocycles. The van der Waals surface area contributed by atoms with Crippen LogP contribution in [-0.4, -0.2) is 11.2 Å². The summed E-state index contributed by atoms with van der Waals surface area (Å²) in [6.45, 7) is 1.62. The lowest BCUT2D eigenvalue weighted by atomic mass is 10.2. The monoisotopic (exact) mass is 224 g/mol. The molecule has 0 fully saturated rings. The molecule has 1 heterocycles. The van der Waals surface area contributed by atoms with Crippen molar-refractivity contribution >= 4 is 11.3 Å². The molecule has 0 unspecified atom stereocenters. The van der Waals surface area contributed by atoms with Crippen molar-refractivity contribution in [3.8, 4) is 0 Å². The summed E-state index contributed by atoms with van der Waals surface area (Å²) < 4.78 is 36.5. The van der Waals surface area contributed by atoms with Crippen molar-refractivity contribution in [1.29, 1.82) is 0 Å². The second-order valence-electron chi connectivity index (χ2n) is 3.15. The number of aliphatic hydroxyl groups is 1. The van der Waals surface area contributed by atoms with Crippen LogP contribution in [0.1, 0.15) is 23.1 Å². The van der Waals surface area contributed by atoms with Crippen molar-refractivity contribution < 1.29 is 18.3 Å². The average molecular weight is 224 g/mol. The van der Waals surface area contributed by atoms with Crippen LogP contribution >= 0.6 is 11.3 Å². The largest absolute Gasteiger partial charge is 0.425 e. The van der Waals surface area contributed by atoms with E-state index in [0.717, 1.165) is 17.4 Å². The molecule has 1 aromatic heterocycles. The lowest BCUT2D eigenvalue weighted by molar-refractivity contribution is -0.134. The molecule has 1 nitrogen and oxygen atoms in total. The van der Waals surface area contributed by atoms with E-state index in [0.29, 0.717) is 17.7 Å². The number of alkyl halides is 3. The van der Waals surface area contributed by atoms with Gasteiger partial charge in [-0.1, -0.05) is 0 Å². The lowest BCUT2D eigenvalue weighted by Crippen LogP contribution is -2.01. The van der Waals surface area contributed by atoms with Gasteiger partial charge in [-0.2, -0.15) is 13.2 Å². The normalized spacial score (nSPS) is 14.4. The summed E-state index contributed by atoms with van der Waals surface area (Å²) in [5.41, 5.74) is 0. The Morgan fingerprint density at radius 1 is 1.43 bits per heavy atom. The van der Waals surface area contributed by atoms with Crippen molar-refractivity contribution in [3.63, 3.8) is 0 Å². The zero-order valence-electron chi connectivity index (χ0n) is 7.64. The maximum atomic E-state index is 12.2. The predicted molar refractivity (Wildman–Crippen MR) is 49.3 cm³/mol. The first-order chi connectivity index (χ1) is 6.39. The first-order valence-corrected chi connectivity index (χ1v) is 5.05. The summed E-state index contributed by atoms with van der Waals surface area (Å²) in [5, 5.41) is 8.96. The van der Waals surface area contributed by atoms with Gasteiger partial charge < -0.3 is 5.11 Å². The minimum absolute atomic E-state index is 0.466. The highest BCUT2D eigenvalue weighted by molar-refractivity contribution is 7.12.